The Kier molecular flexibility index (Phi) is 3.19. The number of aromatic nitrogens is 2. The van der Waals surface area contributed by atoms with E-state index in [4.69, 9.17) is 0 Å². The summed E-state index contributed by atoms with van der Waals surface area (Å²) in [5.74, 6) is 0. The maximum atomic E-state index is 12.6. The molecule has 0 atom stereocenters. The molecule has 5 heteroatoms. The Morgan fingerprint density at radius 2 is 2.06 bits per heavy atom. The van der Waals surface area contributed by atoms with Crippen LogP contribution in [0.1, 0.15) is 12.5 Å². The highest BCUT2D eigenvalue weighted by molar-refractivity contribution is 5.39. The van der Waals surface area contributed by atoms with Crippen molar-refractivity contribution in [2.75, 3.05) is 0 Å². The van der Waals surface area contributed by atoms with Gasteiger partial charge < -0.3 is 4.74 Å². The van der Waals surface area contributed by atoms with Crippen LogP contribution < -0.4 is 0 Å². The van der Waals surface area contributed by atoms with Crippen molar-refractivity contribution in [1.29, 1.82) is 0 Å². The van der Waals surface area contributed by atoms with E-state index in [0.29, 0.717) is 5.56 Å². The second kappa shape index (κ2) is 4.63. The van der Waals surface area contributed by atoms with Crippen LogP contribution in [0.15, 0.2) is 42.7 Å². The van der Waals surface area contributed by atoms with Gasteiger partial charge in [-0.15, -0.1) is 0 Å². The molecule has 17 heavy (non-hydrogen) atoms. The minimum Gasteiger partial charge on any atom is -0.316 e. The molecule has 1 heterocycles. The van der Waals surface area contributed by atoms with E-state index in [2.05, 4.69) is 9.84 Å². The van der Waals surface area contributed by atoms with Crippen molar-refractivity contribution >= 4 is 0 Å². The number of benzene rings is 1. The van der Waals surface area contributed by atoms with Gasteiger partial charge in [0.25, 0.3) is 0 Å². The van der Waals surface area contributed by atoms with Crippen molar-refractivity contribution in [1.82, 2.24) is 9.78 Å². The van der Waals surface area contributed by atoms with Crippen molar-refractivity contribution in [2.45, 2.75) is 19.6 Å². The third-order valence-corrected chi connectivity index (χ3v) is 2.22. The summed E-state index contributed by atoms with van der Waals surface area (Å²) in [5, 5.41) is 4.07. The first-order chi connectivity index (χ1) is 8.06. The molecule has 0 aliphatic carbocycles. The van der Waals surface area contributed by atoms with Crippen molar-refractivity contribution < 1.29 is 13.5 Å². The first kappa shape index (κ1) is 11.7. The number of rotatable bonds is 4. The van der Waals surface area contributed by atoms with Crippen LogP contribution in [0.2, 0.25) is 0 Å². The maximum absolute atomic E-state index is 12.6. The van der Waals surface area contributed by atoms with Crippen LogP contribution in [-0.2, 0) is 11.3 Å². The van der Waals surface area contributed by atoms with Gasteiger partial charge in [-0.25, -0.2) is 4.68 Å². The van der Waals surface area contributed by atoms with Crippen molar-refractivity contribution in [3.8, 4) is 5.69 Å². The van der Waals surface area contributed by atoms with Gasteiger partial charge in [0.05, 0.1) is 12.3 Å². The fraction of sp³-hybridized carbons (Fsp3) is 0.250. The zero-order valence-corrected chi connectivity index (χ0v) is 9.31. The minimum atomic E-state index is -3.13. The quantitative estimate of drug-likeness (QED) is 0.818. The molecule has 0 N–H and O–H groups in total. The second-order valence-corrected chi connectivity index (χ2v) is 3.68. The lowest BCUT2D eigenvalue weighted by molar-refractivity contribution is -0.231. The highest BCUT2D eigenvalue weighted by atomic mass is 19.3. The Hall–Kier alpha value is -1.75. The molecule has 0 aliphatic heterocycles. The molecule has 0 bridgehead atoms. The predicted molar refractivity (Wildman–Crippen MR) is 59.0 cm³/mol. The molecule has 1 aromatic heterocycles. The molecular weight excluding hydrogens is 226 g/mol. The lowest BCUT2D eigenvalue weighted by atomic mass is 10.2. The summed E-state index contributed by atoms with van der Waals surface area (Å²) in [4.78, 5) is 0. The Balaban J connectivity index is 2.23. The van der Waals surface area contributed by atoms with Crippen LogP contribution in [0.5, 0.6) is 0 Å². The van der Waals surface area contributed by atoms with E-state index in [9.17, 15) is 8.78 Å². The molecule has 0 fully saturated rings. The Morgan fingerprint density at radius 3 is 2.71 bits per heavy atom. The summed E-state index contributed by atoms with van der Waals surface area (Å²) < 4.78 is 31.4. The van der Waals surface area contributed by atoms with Gasteiger partial charge in [-0.05, 0) is 12.1 Å². The molecule has 2 rings (SSSR count). The molecule has 0 radical (unpaired) electrons. The van der Waals surface area contributed by atoms with E-state index in [1.807, 2.05) is 6.07 Å². The van der Waals surface area contributed by atoms with Crippen molar-refractivity contribution in [3.63, 3.8) is 0 Å². The number of hydrogen-bond acceptors (Lipinski definition) is 2. The van der Waals surface area contributed by atoms with Gasteiger partial charge in [-0.3, -0.25) is 0 Å². The van der Waals surface area contributed by atoms with Gasteiger partial charge in [-0.1, -0.05) is 18.2 Å². The molecule has 0 saturated carbocycles. The topological polar surface area (TPSA) is 27.1 Å². The number of para-hydroxylation sites is 1. The number of halogens is 2. The average molecular weight is 238 g/mol. The Labute approximate surface area is 97.6 Å². The number of nitrogens with zero attached hydrogens (tertiary/aromatic N) is 2. The SMILES string of the molecule is CC(F)(F)OCc1ccccc1-n1cccn1. The van der Waals surface area contributed by atoms with Crippen LogP contribution in [-0.4, -0.2) is 15.9 Å². The van der Waals surface area contributed by atoms with Crippen molar-refractivity contribution in [3.05, 3.63) is 48.3 Å². The van der Waals surface area contributed by atoms with Gasteiger partial charge in [0.15, 0.2) is 0 Å². The second-order valence-electron chi connectivity index (χ2n) is 3.68. The molecule has 1 aromatic carbocycles. The third-order valence-electron chi connectivity index (χ3n) is 2.22. The molecule has 90 valence electrons. The standard InChI is InChI=1S/C12H12F2N2O/c1-12(13,14)17-9-10-5-2-3-6-11(10)16-8-4-7-15-16/h2-8H,9H2,1H3. The fourth-order valence-electron chi connectivity index (χ4n) is 1.47. The van der Waals surface area contributed by atoms with Gasteiger partial charge in [0.1, 0.15) is 0 Å². The maximum Gasteiger partial charge on any atom is 0.353 e. The molecule has 0 spiro atoms. The van der Waals surface area contributed by atoms with E-state index >= 15 is 0 Å². The Morgan fingerprint density at radius 1 is 1.29 bits per heavy atom. The molecule has 0 aliphatic rings. The summed E-state index contributed by atoms with van der Waals surface area (Å²) in [6.07, 6.45) is 0.256. The van der Waals surface area contributed by atoms with Crippen LogP contribution in [0, 0.1) is 0 Å². The summed E-state index contributed by atoms with van der Waals surface area (Å²) in [7, 11) is 0. The number of ether oxygens (including phenoxy) is 1. The molecule has 2 aromatic rings. The van der Waals surface area contributed by atoms with Gasteiger partial charge in [-0.2, -0.15) is 13.9 Å². The zero-order chi connectivity index (χ0) is 12.3. The molecule has 0 saturated heterocycles. The van der Waals surface area contributed by atoms with Gasteiger partial charge in [0.2, 0.25) is 0 Å². The number of alkyl halides is 2. The highest BCUT2D eigenvalue weighted by Gasteiger charge is 2.22. The molecule has 0 unspecified atom stereocenters. The monoisotopic (exact) mass is 238 g/mol. The van der Waals surface area contributed by atoms with E-state index in [1.54, 1.807) is 41.3 Å². The normalized spacial score (nSPS) is 11.7. The largest absolute Gasteiger partial charge is 0.353 e. The Bertz CT molecular complexity index is 478. The molecule has 0 amide bonds. The van der Waals surface area contributed by atoms with Crippen LogP contribution in [0.25, 0.3) is 5.69 Å². The fourth-order valence-corrected chi connectivity index (χ4v) is 1.47. The van der Waals surface area contributed by atoms with Crippen LogP contribution >= 0.6 is 0 Å². The highest BCUT2D eigenvalue weighted by Crippen LogP contribution is 2.20. The summed E-state index contributed by atoms with van der Waals surface area (Å²) in [6, 6.07) is 8.92. The zero-order valence-electron chi connectivity index (χ0n) is 9.31. The van der Waals surface area contributed by atoms with E-state index in [-0.39, 0.29) is 6.61 Å². The van der Waals surface area contributed by atoms with Gasteiger partial charge >= 0.3 is 6.11 Å². The van der Waals surface area contributed by atoms with Crippen LogP contribution in [0.3, 0.4) is 0 Å². The predicted octanol–water partition coefficient (Wildman–Crippen LogP) is 3.00. The van der Waals surface area contributed by atoms with Crippen LogP contribution in [0.4, 0.5) is 8.78 Å². The average Bonchev–Trinajstić information content (AvgIpc) is 2.79. The lowest BCUT2D eigenvalue weighted by Crippen LogP contribution is -2.15. The lowest BCUT2D eigenvalue weighted by Gasteiger charge is -2.14. The first-order valence-corrected chi connectivity index (χ1v) is 5.16. The summed E-state index contributed by atoms with van der Waals surface area (Å²) in [5.41, 5.74) is 1.40. The summed E-state index contributed by atoms with van der Waals surface area (Å²) in [6.45, 7) is 0.572. The first-order valence-electron chi connectivity index (χ1n) is 5.16. The van der Waals surface area contributed by atoms with E-state index < -0.39 is 6.11 Å². The smallest absolute Gasteiger partial charge is 0.316 e. The van der Waals surface area contributed by atoms with Gasteiger partial charge in [0, 0.05) is 24.9 Å². The molecular formula is C12H12F2N2O. The van der Waals surface area contributed by atoms with Crippen molar-refractivity contribution in [2.24, 2.45) is 0 Å². The minimum absolute atomic E-state index is 0.153. The third kappa shape index (κ3) is 3.10. The van der Waals surface area contributed by atoms with E-state index in [0.717, 1.165) is 12.6 Å². The number of hydrogen-bond donors (Lipinski definition) is 0. The van der Waals surface area contributed by atoms with E-state index in [1.165, 1.54) is 0 Å². The summed E-state index contributed by atoms with van der Waals surface area (Å²) >= 11 is 0. The molecule has 3 nitrogen and oxygen atoms in total.